The monoisotopic (exact) mass is 411 g/mol. The molecular weight excluding hydrogens is 382 g/mol. The van der Waals surface area contributed by atoms with Gasteiger partial charge >= 0.3 is 0 Å². The maximum absolute atomic E-state index is 12.3. The molecule has 30 heavy (non-hydrogen) atoms. The van der Waals surface area contributed by atoms with E-state index in [2.05, 4.69) is 16.2 Å². The molecule has 160 valence electrons. The lowest BCUT2D eigenvalue weighted by Gasteiger charge is -2.17. The van der Waals surface area contributed by atoms with E-state index in [0.717, 1.165) is 16.7 Å². The van der Waals surface area contributed by atoms with E-state index in [-0.39, 0.29) is 18.7 Å². The normalized spacial score (nSPS) is 11.3. The molecule has 2 rings (SSSR count). The largest absolute Gasteiger partial charge is 0.481 e. The van der Waals surface area contributed by atoms with Crippen LogP contribution in [0.3, 0.4) is 0 Å². The number of ether oxygens (including phenoxy) is 1. The van der Waals surface area contributed by atoms with Gasteiger partial charge in [-0.1, -0.05) is 25.1 Å². The van der Waals surface area contributed by atoms with Crippen molar-refractivity contribution in [2.45, 2.75) is 53.1 Å². The highest BCUT2D eigenvalue weighted by Gasteiger charge is 2.19. The molecule has 0 bridgehead atoms. The van der Waals surface area contributed by atoms with Gasteiger partial charge in [0.05, 0.1) is 0 Å². The summed E-state index contributed by atoms with van der Waals surface area (Å²) >= 11 is 0. The van der Waals surface area contributed by atoms with Crippen LogP contribution in [-0.2, 0) is 14.4 Å². The van der Waals surface area contributed by atoms with Gasteiger partial charge in [-0.3, -0.25) is 25.2 Å². The first kappa shape index (κ1) is 22.9. The van der Waals surface area contributed by atoms with Crippen LogP contribution in [0.1, 0.15) is 42.9 Å². The van der Waals surface area contributed by atoms with Crippen LogP contribution < -0.4 is 20.9 Å². The van der Waals surface area contributed by atoms with Crippen molar-refractivity contribution >= 4 is 23.4 Å². The summed E-state index contributed by atoms with van der Waals surface area (Å²) in [5.74, 6) is -0.587. The van der Waals surface area contributed by atoms with E-state index < -0.39 is 17.9 Å². The Hall–Kier alpha value is -3.35. The SMILES string of the molecule is CCC(Oc1cccc(C)c1)C(=O)NNC(=O)CCC(=O)Nc1ccc(C)c(C)c1. The van der Waals surface area contributed by atoms with Crippen molar-refractivity contribution in [1.82, 2.24) is 10.9 Å². The highest BCUT2D eigenvalue weighted by molar-refractivity contribution is 5.93. The maximum atomic E-state index is 12.3. The summed E-state index contributed by atoms with van der Waals surface area (Å²) in [6.45, 7) is 7.71. The number of carbonyl (C=O) groups excluding carboxylic acids is 3. The summed E-state index contributed by atoms with van der Waals surface area (Å²) in [6.07, 6.45) is -0.341. The van der Waals surface area contributed by atoms with Gasteiger partial charge in [0.1, 0.15) is 5.75 Å². The van der Waals surface area contributed by atoms with Crippen molar-refractivity contribution in [3.8, 4) is 5.75 Å². The summed E-state index contributed by atoms with van der Waals surface area (Å²) in [7, 11) is 0. The Kier molecular flexibility index (Phi) is 8.41. The zero-order valence-corrected chi connectivity index (χ0v) is 17.9. The summed E-state index contributed by atoms with van der Waals surface area (Å²) in [4.78, 5) is 36.3. The van der Waals surface area contributed by atoms with Gasteiger partial charge in [0, 0.05) is 18.5 Å². The van der Waals surface area contributed by atoms with Crippen LogP contribution in [0, 0.1) is 20.8 Å². The Morgan fingerprint density at radius 1 is 0.900 bits per heavy atom. The number of hydrogen-bond acceptors (Lipinski definition) is 4. The molecule has 1 unspecified atom stereocenters. The molecule has 2 aromatic rings. The van der Waals surface area contributed by atoms with E-state index >= 15 is 0 Å². The first-order chi connectivity index (χ1) is 14.3. The third kappa shape index (κ3) is 7.24. The smallest absolute Gasteiger partial charge is 0.279 e. The molecule has 0 radical (unpaired) electrons. The van der Waals surface area contributed by atoms with Gasteiger partial charge in [-0.2, -0.15) is 0 Å². The van der Waals surface area contributed by atoms with Gasteiger partial charge in [-0.25, -0.2) is 0 Å². The van der Waals surface area contributed by atoms with E-state index in [0.29, 0.717) is 17.9 Å². The molecule has 3 N–H and O–H groups in total. The topological polar surface area (TPSA) is 96.5 Å². The van der Waals surface area contributed by atoms with E-state index in [1.807, 2.05) is 64.1 Å². The van der Waals surface area contributed by atoms with Crippen molar-refractivity contribution in [1.29, 1.82) is 0 Å². The van der Waals surface area contributed by atoms with Gasteiger partial charge < -0.3 is 10.1 Å². The van der Waals surface area contributed by atoms with E-state index in [4.69, 9.17) is 4.74 Å². The lowest BCUT2D eigenvalue weighted by molar-refractivity contribution is -0.133. The molecule has 0 heterocycles. The predicted octanol–water partition coefficient (Wildman–Crippen LogP) is 3.34. The molecule has 0 fully saturated rings. The number of rotatable bonds is 8. The summed E-state index contributed by atoms with van der Waals surface area (Å²) in [5, 5.41) is 2.76. The van der Waals surface area contributed by atoms with Crippen molar-refractivity contribution in [3.05, 3.63) is 59.2 Å². The molecule has 0 aliphatic heterocycles. The molecule has 0 aromatic heterocycles. The fourth-order valence-electron chi connectivity index (χ4n) is 2.72. The molecular formula is C23H29N3O4. The molecule has 0 spiro atoms. The molecule has 3 amide bonds. The third-order valence-corrected chi connectivity index (χ3v) is 4.63. The number of hydrogen-bond donors (Lipinski definition) is 3. The second kappa shape index (κ2) is 11.0. The highest BCUT2D eigenvalue weighted by atomic mass is 16.5. The molecule has 2 aromatic carbocycles. The average molecular weight is 412 g/mol. The average Bonchev–Trinajstić information content (AvgIpc) is 2.71. The van der Waals surface area contributed by atoms with Crippen LogP contribution >= 0.6 is 0 Å². The fourth-order valence-corrected chi connectivity index (χ4v) is 2.72. The molecule has 0 aliphatic carbocycles. The lowest BCUT2D eigenvalue weighted by atomic mass is 10.1. The second-order valence-electron chi connectivity index (χ2n) is 7.22. The number of anilines is 1. The van der Waals surface area contributed by atoms with E-state index in [9.17, 15) is 14.4 Å². The van der Waals surface area contributed by atoms with Crippen LogP contribution in [0.15, 0.2) is 42.5 Å². The number of hydrazine groups is 1. The highest BCUT2D eigenvalue weighted by Crippen LogP contribution is 2.16. The van der Waals surface area contributed by atoms with Crippen molar-refractivity contribution in [2.24, 2.45) is 0 Å². The number of benzene rings is 2. The van der Waals surface area contributed by atoms with Gasteiger partial charge in [0.25, 0.3) is 5.91 Å². The van der Waals surface area contributed by atoms with E-state index in [1.54, 1.807) is 6.07 Å². The minimum atomic E-state index is -0.736. The molecule has 0 saturated heterocycles. The van der Waals surface area contributed by atoms with Crippen LogP contribution in [0.25, 0.3) is 0 Å². The Balaban J connectivity index is 1.75. The van der Waals surface area contributed by atoms with Gasteiger partial charge in [0.15, 0.2) is 6.10 Å². The van der Waals surface area contributed by atoms with E-state index in [1.165, 1.54) is 0 Å². The second-order valence-corrected chi connectivity index (χ2v) is 7.22. The molecule has 1 atom stereocenters. The Morgan fingerprint density at radius 3 is 2.30 bits per heavy atom. The summed E-state index contributed by atoms with van der Waals surface area (Å²) < 4.78 is 5.69. The van der Waals surface area contributed by atoms with Gasteiger partial charge in [-0.05, 0) is 68.1 Å². The molecule has 7 nitrogen and oxygen atoms in total. The summed E-state index contributed by atoms with van der Waals surface area (Å²) in [5.41, 5.74) is 8.62. The third-order valence-electron chi connectivity index (χ3n) is 4.63. The maximum Gasteiger partial charge on any atom is 0.279 e. The van der Waals surface area contributed by atoms with Crippen LogP contribution in [0.2, 0.25) is 0 Å². The molecule has 0 aliphatic rings. The number of amides is 3. The Bertz CT molecular complexity index is 911. The fraction of sp³-hybridized carbons (Fsp3) is 0.348. The zero-order valence-electron chi connectivity index (χ0n) is 17.9. The minimum Gasteiger partial charge on any atom is -0.481 e. The molecule has 0 saturated carbocycles. The van der Waals surface area contributed by atoms with Crippen LogP contribution in [0.5, 0.6) is 5.75 Å². The minimum absolute atomic E-state index is 0.00558. The predicted molar refractivity (Wildman–Crippen MR) is 116 cm³/mol. The van der Waals surface area contributed by atoms with Crippen molar-refractivity contribution in [2.75, 3.05) is 5.32 Å². The van der Waals surface area contributed by atoms with Gasteiger partial charge in [0.2, 0.25) is 11.8 Å². The Morgan fingerprint density at radius 2 is 1.63 bits per heavy atom. The quantitative estimate of drug-likeness (QED) is 0.581. The number of nitrogens with one attached hydrogen (secondary N) is 3. The zero-order chi connectivity index (χ0) is 22.1. The van der Waals surface area contributed by atoms with Crippen LogP contribution in [0.4, 0.5) is 5.69 Å². The molecule has 7 heteroatoms. The van der Waals surface area contributed by atoms with Crippen molar-refractivity contribution < 1.29 is 19.1 Å². The van der Waals surface area contributed by atoms with Crippen LogP contribution in [-0.4, -0.2) is 23.8 Å². The number of carbonyl (C=O) groups is 3. The first-order valence-corrected chi connectivity index (χ1v) is 9.97. The standard InChI is InChI=1S/C23H29N3O4/c1-5-20(30-19-8-6-7-15(2)13-19)23(29)26-25-22(28)12-11-21(27)24-18-10-9-16(3)17(4)14-18/h6-10,13-14,20H,5,11-12H2,1-4H3,(H,24,27)(H,25,28)(H,26,29). The Labute approximate surface area is 177 Å². The van der Waals surface area contributed by atoms with Crippen molar-refractivity contribution in [3.63, 3.8) is 0 Å². The first-order valence-electron chi connectivity index (χ1n) is 9.97. The lowest BCUT2D eigenvalue weighted by Crippen LogP contribution is -2.48. The number of aryl methyl sites for hydroxylation is 3. The summed E-state index contributed by atoms with van der Waals surface area (Å²) in [6, 6.07) is 13.0. The van der Waals surface area contributed by atoms with Gasteiger partial charge in [-0.15, -0.1) is 0 Å².